The average Bonchev–Trinajstić information content (AvgIpc) is 2.35. The minimum absolute atomic E-state index is 0.613. The van der Waals surface area contributed by atoms with E-state index in [9.17, 15) is 0 Å². The smallest absolute Gasteiger partial charge is 0.196 e. The van der Waals surface area contributed by atoms with E-state index in [2.05, 4.69) is 37.5 Å². The van der Waals surface area contributed by atoms with Gasteiger partial charge in [-0.1, -0.05) is 13.8 Å². The van der Waals surface area contributed by atoms with Gasteiger partial charge < -0.3 is 14.5 Å². The summed E-state index contributed by atoms with van der Waals surface area (Å²) < 4.78 is 5.41. The lowest BCUT2D eigenvalue weighted by Crippen LogP contribution is -2.49. The Morgan fingerprint density at radius 2 is 1.82 bits per heavy atom. The normalized spacial score (nSPS) is 17.7. The largest absolute Gasteiger partial charge is 0.378 e. The third-order valence-corrected chi connectivity index (χ3v) is 2.94. The van der Waals surface area contributed by atoms with Crippen molar-refractivity contribution in [2.75, 3.05) is 45.9 Å². The lowest BCUT2D eigenvalue weighted by atomic mass is 10.2. The van der Waals surface area contributed by atoms with Crippen LogP contribution in [-0.4, -0.2) is 61.7 Å². The molecule has 0 spiro atoms. The van der Waals surface area contributed by atoms with Gasteiger partial charge in [0.1, 0.15) is 0 Å². The van der Waals surface area contributed by atoms with Crippen molar-refractivity contribution in [1.29, 1.82) is 0 Å². The van der Waals surface area contributed by atoms with Crippen LogP contribution in [0.5, 0.6) is 0 Å². The van der Waals surface area contributed by atoms with E-state index < -0.39 is 0 Å². The SMILES string of the molecule is CCN(CC)/C(=N\CC(C)C)N1CCOCC1. The Morgan fingerprint density at radius 1 is 1.24 bits per heavy atom. The predicted molar refractivity (Wildman–Crippen MR) is 72.5 cm³/mol. The molecule has 0 aromatic heterocycles. The van der Waals surface area contributed by atoms with Crippen LogP contribution < -0.4 is 0 Å². The van der Waals surface area contributed by atoms with E-state index in [1.807, 2.05) is 0 Å². The molecule has 1 saturated heterocycles. The van der Waals surface area contributed by atoms with E-state index in [0.717, 1.165) is 51.9 Å². The van der Waals surface area contributed by atoms with Gasteiger partial charge in [-0.25, -0.2) is 0 Å². The summed E-state index contributed by atoms with van der Waals surface area (Å²) >= 11 is 0. The fourth-order valence-corrected chi connectivity index (χ4v) is 1.93. The maximum atomic E-state index is 5.41. The first-order valence-corrected chi connectivity index (χ1v) is 6.81. The Bertz CT molecular complexity index is 231. The Morgan fingerprint density at radius 3 is 2.29 bits per heavy atom. The second kappa shape index (κ2) is 7.54. The average molecular weight is 241 g/mol. The first-order chi connectivity index (χ1) is 8.19. The van der Waals surface area contributed by atoms with Gasteiger partial charge >= 0.3 is 0 Å². The summed E-state index contributed by atoms with van der Waals surface area (Å²) in [6, 6.07) is 0. The van der Waals surface area contributed by atoms with Gasteiger partial charge in [0.05, 0.1) is 13.2 Å². The molecule has 4 nitrogen and oxygen atoms in total. The molecule has 1 aliphatic heterocycles. The van der Waals surface area contributed by atoms with Crippen molar-refractivity contribution >= 4 is 5.96 Å². The second-order valence-corrected chi connectivity index (χ2v) is 4.81. The minimum Gasteiger partial charge on any atom is -0.378 e. The van der Waals surface area contributed by atoms with Crippen molar-refractivity contribution in [2.45, 2.75) is 27.7 Å². The van der Waals surface area contributed by atoms with Gasteiger partial charge in [0.25, 0.3) is 0 Å². The van der Waals surface area contributed by atoms with E-state index in [1.54, 1.807) is 0 Å². The Labute approximate surface area is 106 Å². The van der Waals surface area contributed by atoms with E-state index in [1.165, 1.54) is 0 Å². The summed E-state index contributed by atoms with van der Waals surface area (Å²) in [6.45, 7) is 15.3. The van der Waals surface area contributed by atoms with E-state index >= 15 is 0 Å². The molecule has 0 amide bonds. The fraction of sp³-hybridized carbons (Fsp3) is 0.923. The van der Waals surface area contributed by atoms with E-state index in [-0.39, 0.29) is 0 Å². The Balaban J connectivity index is 2.72. The zero-order chi connectivity index (χ0) is 12.7. The standard InChI is InChI=1S/C13H27N3O/c1-5-15(6-2)13(14-11-12(3)4)16-7-9-17-10-8-16/h12H,5-11H2,1-4H3/b14-13+. The molecule has 0 aliphatic carbocycles. The highest BCUT2D eigenvalue weighted by Crippen LogP contribution is 2.05. The predicted octanol–water partition coefficient (Wildman–Crippen LogP) is 1.67. The monoisotopic (exact) mass is 241 g/mol. The molecule has 0 saturated carbocycles. The molecule has 1 heterocycles. The zero-order valence-electron chi connectivity index (χ0n) is 11.8. The van der Waals surface area contributed by atoms with Crippen molar-refractivity contribution in [1.82, 2.24) is 9.80 Å². The summed E-state index contributed by atoms with van der Waals surface area (Å²) in [5.41, 5.74) is 0. The molecule has 0 atom stereocenters. The van der Waals surface area contributed by atoms with Gasteiger partial charge in [0.2, 0.25) is 0 Å². The van der Waals surface area contributed by atoms with Crippen molar-refractivity contribution in [3.05, 3.63) is 0 Å². The maximum Gasteiger partial charge on any atom is 0.196 e. The van der Waals surface area contributed by atoms with Gasteiger partial charge in [0.15, 0.2) is 5.96 Å². The van der Waals surface area contributed by atoms with Crippen LogP contribution in [0.3, 0.4) is 0 Å². The summed E-state index contributed by atoms with van der Waals surface area (Å²) in [5.74, 6) is 1.77. The Hall–Kier alpha value is -0.770. The summed E-state index contributed by atoms with van der Waals surface area (Å²) in [6.07, 6.45) is 0. The Kier molecular flexibility index (Phi) is 6.34. The summed E-state index contributed by atoms with van der Waals surface area (Å²) in [5, 5.41) is 0. The van der Waals surface area contributed by atoms with Crippen LogP contribution in [0.15, 0.2) is 4.99 Å². The van der Waals surface area contributed by atoms with Crippen LogP contribution in [0.25, 0.3) is 0 Å². The van der Waals surface area contributed by atoms with Crippen LogP contribution in [0.4, 0.5) is 0 Å². The van der Waals surface area contributed by atoms with Crippen molar-refractivity contribution < 1.29 is 4.74 Å². The molecule has 0 aromatic carbocycles. The molecule has 100 valence electrons. The molecule has 0 N–H and O–H groups in total. The van der Waals surface area contributed by atoms with Crippen molar-refractivity contribution in [3.63, 3.8) is 0 Å². The number of aliphatic imine (C=N–C) groups is 1. The molecule has 0 unspecified atom stereocenters. The lowest BCUT2D eigenvalue weighted by Gasteiger charge is -2.35. The van der Waals surface area contributed by atoms with Crippen molar-refractivity contribution in [3.8, 4) is 0 Å². The number of rotatable bonds is 4. The van der Waals surface area contributed by atoms with Crippen LogP contribution >= 0.6 is 0 Å². The first-order valence-electron chi connectivity index (χ1n) is 6.81. The molecule has 17 heavy (non-hydrogen) atoms. The maximum absolute atomic E-state index is 5.41. The molecular formula is C13H27N3O. The highest BCUT2D eigenvalue weighted by atomic mass is 16.5. The molecule has 0 radical (unpaired) electrons. The number of ether oxygens (including phenoxy) is 1. The molecule has 1 fully saturated rings. The molecule has 1 rings (SSSR count). The highest BCUT2D eigenvalue weighted by Gasteiger charge is 2.18. The number of hydrogen-bond donors (Lipinski definition) is 0. The zero-order valence-corrected chi connectivity index (χ0v) is 11.8. The van der Waals surface area contributed by atoms with E-state index in [0.29, 0.717) is 5.92 Å². The number of guanidine groups is 1. The van der Waals surface area contributed by atoms with Gasteiger partial charge in [-0.05, 0) is 19.8 Å². The number of hydrogen-bond acceptors (Lipinski definition) is 2. The van der Waals surface area contributed by atoms with Crippen molar-refractivity contribution in [2.24, 2.45) is 10.9 Å². The van der Waals surface area contributed by atoms with Gasteiger partial charge in [-0.15, -0.1) is 0 Å². The molecule has 4 heteroatoms. The minimum atomic E-state index is 0.613. The molecule has 0 bridgehead atoms. The highest BCUT2D eigenvalue weighted by molar-refractivity contribution is 5.80. The summed E-state index contributed by atoms with van der Waals surface area (Å²) in [7, 11) is 0. The van der Waals surface area contributed by atoms with Gasteiger partial charge in [-0.3, -0.25) is 4.99 Å². The fourth-order valence-electron chi connectivity index (χ4n) is 1.93. The van der Waals surface area contributed by atoms with Crippen LogP contribution in [0.2, 0.25) is 0 Å². The quantitative estimate of drug-likeness (QED) is 0.553. The number of nitrogens with zero attached hydrogens (tertiary/aromatic N) is 3. The molecule has 0 aromatic rings. The third kappa shape index (κ3) is 4.54. The first kappa shape index (κ1) is 14.3. The lowest BCUT2D eigenvalue weighted by molar-refractivity contribution is 0.0623. The summed E-state index contributed by atoms with van der Waals surface area (Å²) in [4.78, 5) is 9.50. The molecule has 1 aliphatic rings. The van der Waals surface area contributed by atoms with Crippen LogP contribution in [0.1, 0.15) is 27.7 Å². The van der Waals surface area contributed by atoms with Crippen LogP contribution in [-0.2, 0) is 4.74 Å². The number of morpholine rings is 1. The van der Waals surface area contributed by atoms with Gasteiger partial charge in [0, 0.05) is 32.7 Å². The second-order valence-electron chi connectivity index (χ2n) is 4.81. The third-order valence-electron chi connectivity index (χ3n) is 2.94. The van der Waals surface area contributed by atoms with E-state index in [4.69, 9.17) is 9.73 Å². The molecular weight excluding hydrogens is 214 g/mol. The van der Waals surface area contributed by atoms with Crippen LogP contribution in [0, 0.1) is 5.92 Å². The topological polar surface area (TPSA) is 28.1 Å². The van der Waals surface area contributed by atoms with Gasteiger partial charge in [-0.2, -0.15) is 0 Å².